The van der Waals surface area contributed by atoms with Crippen LogP contribution in [0.1, 0.15) is 0 Å². The van der Waals surface area contributed by atoms with Gasteiger partial charge in [-0.3, -0.25) is 0 Å². The number of rotatable bonds is 4. The van der Waals surface area contributed by atoms with Gasteiger partial charge in [-0.2, -0.15) is 0 Å². The molecule has 0 fully saturated rings. The molecule has 0 saturated carbocycles. The zero-order valence-corrected chi connectivity index (χ0v) is 14.7. The van der Waals surface area contributed by atoms with Crippen molar-refractivity contribution in [2.75, 3.05) is 0 Å². The van der Waals surface area contributed by atoms with Crippen molar-refractivity contribution < 1.29 is 4.74 Å². The summed E-state index contributed by atoms with van der Waals surface area (Å²) in [6.07, 6.45) is 1.77. The zero-order valence-electron chi connectivity index (χ0n) is 14.7. The fourth-order valence-corrected chi connectivity index (χ4v) is 3.22. The van der Waals surface area contributed by atoms with Gasteiger partial charge >= 0.3 is 0 Å². The minimum Gasteiger partial charge on any atom is -0.387 e. The molecule has 0 saturated heterocycles. The Morgan fingerprint density at radius 3 is 1.74 bits per heavy atom. The molecule has 0 aliphatic rings. The molecule has 0 atom stereocenters. The van der Waals surface area contributed by atoms with E-state index in [-0.39, 0.29) is 0 Å². The van der Waals surface area contributed by atoms with Gasteiger partial charge in [0.05, 0.1) is 0 Å². The molecule has 2 nitrogen and oxygen atoms in total. The quantitative estimate of drug-likeness (QED) is 0.392. The lowest BCUT2D eigenvalue weighted by Gasteiger charge is -2.10. The van der Waals surface area contributed by atoms with E-state index in [2.05, 4.69) is 60.7 Å². The third-order valence-electron chi connectivity index (χ3n) is 4.52. The summed E-state index contributed by atoms with van der Waals surface area (Å²) < 4.78 is 5.12. The molecular formula is C25H17NO. The molecule has 4 rings (SSSR count). The van der Waals surface area contributed by atoms with E-state index in [1.54, 1.807) is 12.3 Å². The third-order valence-corrected chi connectivity index (χ3v) is 4.52. The highest BCUT2D eigenvalue weighted by molar-refractivity contribution is 5.78. The molecular weight excluding hydrogens is 330 g/mol. The van der Waals surface area contributed by atoms with Crippen molar-refractivity contribution in [3.8, 4) is 45.4 Å². The molecule has 27 heavy (non-hydrogen) atoms. The Labute approximate surface area is 158 Å². The minimum absolute atomic E-state index is 0.565. The van der Waals surface area contributed by atoms with Gasteiger partial charge in [0, 0.05) is 5.56 Å². The van der Waals surface area contributed by atoms with E-state index in [0.717, 1.165) is 22.3 Å². The molecule has 4 aromatic carbocycles. The van der Waals surface area contributed by atoms with Gasteiger partial charge in [0.1, 0.15) is 5.75 Å². The summed E-state index contributed by atoms with van der Waals surface area (Å²) in [6.45, 7) is 0. The fourth-order valence-electron chi connectivity index (χ4n) is 3.22. The molecule has 0 unspecified atom stereocenters. The van der Waals surface area contributed by atoms with E-state index in [4.69, 9.17) is 10.00 Å². The Bertz CT molecular complexity index is 1110. The molecule has 0 aliphatic carbocycles. The highest BCUT2D eigenvalue weighted by atomic mass is 16.5. The number of nitriles is 1. The Morgan fingerprint density at radius 1 is 0.519 bits per heavy atom. The van der Waals surface area contributed by atoms with Crippen molar-refractivity contribution in [2.45, 2.75) is 0 Å². The first-order valence-electron chi connectivity index (χ1n) is 8.76. The molecule has 0 amide bonds. The van der Waals surface area contributed by atoms with Crippen LogP contribution in [0.3, 0.4) is 0 Å². The van der Waals surface area contributed by atoms with E-state index in [9.17, 15) is 0 Å². The molecule has 0 aromatic heterocycles. The minimum atomic E-state index is 0.565. The lowest BCUT2D eigenvalue weighted by molar-refractivity contribution is 0.509. The molecule has 2 heteroatoms. The monoisotopic (exact) mass is 347 g/mol. The van der Waals surface area contributed by atoms with E-state index < -0.39 is 0 Å². The van der Waals surface area contributed by atoms with Crippen LogP contribution in [0, 0.1) is 11.5 Å². The SMILES string of the molecule is N#COc1ccccc1-c1cccc(-c2cccc(-c3ccccc3)c2)c1. The van der Waals surface area contributed by atoms with Crippen LogP contribution in [-0.2, 0) is 0 Å². The van der Waals surface area contributed by atoms with Gasteiger partial charge in [-0.05, 0) is 46.0 Å². The highest BCUT2D eigenvalue weighted by Gasteiger charge is 2.08. The number of ether oxygens (including phenoxy) is 1. The molecule has 0 N–H and O–H groups in total. The Balaban J connectivity index is 1.75. The van der Waals surface area contributed by atoms with Crippen LogP contribution in [-0.4, -0.2) is 0 Å². The molecule has 0 bridgehead atoms. The van der Waals surface area contributed by atoms with Gasteiger partial charge < -0.3 is 4.74 Å². The van der Waals surface area contributed by atoms with E-state index in [1.807, 2.05) is 36.4 Å². The van der Waals surface area contributed by atoms with E-state index >= 15 is 0 Å². The summed E-state index contributed by atoms with van der Waals surface area (Å²) in [7, 11) is 0. The number of benzene rings is 4. The van der Waals surface area contributed by atoms with Crippen molar-refractivity contribution in [3.63, 3.8) is 0 Å². The summed E-state index contributed by atoms with van der Waals surface area (Å²) in [4.78, 5) is 0. The van der Waals surface area contributed by atoms with Gasteiger partial charge in [-0.15, -0.1) is 5.26 Å². The number of para-hydroxylation sites is 1. The highest BCUT2D eigenvalue weighted by Crippen LogP contribution is 2.33. The van der Waals surface area contributed by atoms with Crippen LogP contribution < -0.4 is 4.74 Å². The van der Waals surface area contributed by atoms with Crippen LogP contribution in [0.2, 0.25) is 0 Å². The maximum atomic E-state index is 8.89. The van der Waals surface area contributed by atoms with Gasteiger partial charge in [-0.25, -0.2) is 0 Å². The molecule has 128 valence electrons. The first-order chi connectivity index (χ1) is 13.3. The van der Waals surface area contributed by atoms with Crippen LogP contribution in [0.25, 0.3) is 33.4 Å². The molecule has 0 spiro atoms. The predicted molar refractivity (Wildman–Crippen MR) is 109 cm³/mol. The van der Waals surface area contributed by atoms with Gasteiger partial charge in [0.2, 0.25) is 0 Å². The smallest absolute Gasteiger partial charge is 0.292 e. The van der Waals surface area contributed by atoms with Crippen LogP contribution in [0.5, 0.6) is 5.75 Å². The topological polar surface area (TPSA) is 33.0 Å². The van der Waals surface area contributed by atoms with Crippen molar-refractivity contribution in [2.24, 2.45) is 0 Å². The average molecular weight is 347 g/mol. The zero-order chi connectivity index (χ0) is 18.5. The van der Waals surface area contributed by atoms with Gasteiger partial charge in [0.25, 0.3) is 6.26 Å². The van der Waals surface area contributed by atoms with E-state index in [1.165, 1.54) is 11.1 Å². The van der Waals surface area contributed by atoms with Gasteiger partial charge in [-0.1, -0.05) is 84.9 Å². The maximum Gasteiger partial charge on any atom is 0.292 e. The van der Waals surface area contributed by atoms with Crippen LogP contribution in [0.4, 0.5) is 0 Å². The summed E-state index contributed by atoms with van der Waals surface area (Å²) in [5, 5.41) is 8.89. The molecule has 0 radical (unpaired) electrons. The van der Waals surface area contributed by atoms with Crippen LogP contribution >= 0.6 is 0 Å². The van der Waals surface area contributed by atoms with Crippen molar-refractivity contribution in [1.29, 1.82) is 5.26 Å². The summed E-state index contributed by atoms with van der Waals surface area (Å²) in [5.41, 5.74) is 6.58. The van der Waals surface area contributed by atoms with Crippen molar-refractivity contribution >= 4 is 0 Å². The Kier molecular flexibility index (Phi) is 4.68. The first kappa shape index (κ1) is 16.6. The first-order valence-corrected chi connectivity index (χ1v) is 8.76. The Hall–Kier alpha value is -3.83. The van der Waals surface area contributed by atoms with Crippen molar-refractivity contribution in [1.82, 2.24) is 0 Å². The molecule has 0 aliphatic heterocycles. The Morgan fingerprint density at radius 2 is 1.04 bits per heavy atom. The summed E-state index contributed by atoms with van der Waals surface area (Å²) in [5.74, 6) is 0.565. The van der Waals surface area contributed by atoms with Crippen LogP contribution in [0.15, 0.2) is 103 Å². The lowest BCUT2D eigenvalue weighted by Crippen LogP contribution is -1.88. The maximum absolute atomic E-state index is 8.89. The van der Waals surface area contributed by atoms with E-state index in [0.29, 0.717) is 5.75 Å². The van der Waals surface area contributed by atoms with Crippen molar-refractivity contribution in [3.05, 3.63) is 103 Å². The fraction of sp³-hybridized carbons (Fsp3) is 0. The normalized spacial score (nSPS) is 10.2. The third kappa shape index (κ3) is 3.58. The second-order valence-electron chi connectivity index (χ2n) is 6.22. The standard InChI is InChI=1S/C25H17NO/c26-18-27-25-15-5-4-14-24(25)23-13-7-12-22(17-23)21-11-6-10-20(16-21)19-8-2-1-3-9-19/h1-17H. The number of hydrogen-bond acceptors (Lipinski definition) is 2. The van der Waals surface area contributed by atoms with Gasteiger partial charge in [0.15, 0.2) is 0 Å². The predicted octanol–water partition coefficient (Wildman–Crippen LogP) is 6.55. The molecule has 0 heterocycles. The summed E-state index contributed by atoms with van der Waals surface area (Å²) >= 11 is 0. The average Bonchev–Trinajstić information content (AvgIpc) is 2.75. The lowest BCUT2D eigenvalue weighted by atomic mass is 9.96. The summed E-state index contributed by atoms with van der Waals surface area (Å²) in [6, 6.07) is 34.7. The second kappa shape index (κ2) is 7.59. The number of hydrogen-bond donors (Lipinski definition) is 0. The number of nitrogens with zero attached hydrogens (tertiary/aromatic N) is 1. The molecule has 4 aromatic rings. The largest absolute Gasteiger partial charge is 0.387 e. The second-order valence-corrected chi connectivity index (χ2v) is 6.22.